The van der Waals surface area contributed by atoms with Crippen molar-refractivity contribution in [2.75, 3.05) is 6.61 Å². The second-order valence-corrected chi connectivity index (χ2v) is 6.91. The van der Waals surface area contributed by atoms with Crippen LogP contribution in [0.25, 0.3) is 11.3 Å². The molecule has 1 aromatic carbocycles. The molecule has 1 heterocycles. The Hall–Kier alpha value is -1.98. The third-order valence-corrected chi connectivity index (χ3v) is 4.54. The zero-order chi connectivity index (χ0) is 18.6. The van der Waals surface area contributed by atoms with Crippen molar-refractivity contribution >= 4 is 35.1 Å². The number of carbonyl (C=O) groups excluding carboxylic acids is 2. The van der Waals surface area contributed by atoms with Crippen molar-refractivity contribution < 1.29 is 18.7 Å². The number of halogens is 2. The number of hydrogen-bond acceptors (Lipinski definition) is 4. The molecule has 0 saturated heterocycles. The summed E-state index contributed by atoms with van der Waals surface area (Å²) >= 11 is 12.1. The lowest BCUT2D eigenvalue weighted by Crippen LogP contribution is -2.44. The molecule has 0 aliphatic heterocycles. The van der Waals surface area contributed by atoms with Crippen LogP contribution in [0.4, 0.5) is 0 Å². The van der Waals surface area contributed by atoms with E-state index in [1.54, 1.807) is 24.3 Å². The summed E-state index contributed by atoms with van der Waals surface area (Å²) in [5.41, 5.74) is 0.209. The first-order valence-corrected chi connectivity index (χ1v) is 8.51. The van der Waals surface area contributed by atoms with Crippen LogP contribution < -0.4 is 5.32 Å². The highest BCUT2D eigenvalue weighted by Crippen LogP contribution is 2.34. The van der Waals surface area contributed by atoms with Crippen LogP contribution in [0, 0.1) is 0 Å². The minimum absolute atomic E-state index is 0.0198. The van der Waals surface area contributed by atoms with Crippen molar-refractivity contribution in [2.45, 2.75) is 32.7 Å². The first-order valence-electron chi connectivity index (χ1n) is 7.76. The number of ether oxygens (including phenoxy) is 1. The molecule has 7 heteroatoms. The molecular formula is C18H19Cl2NO4. The van der Waals surface area contributed by atoms with Gasteiger partial charge in [-0.3, -0.25) is 4.79 Å². The lowest BCUT2D eigenvalue weighted by atomic mass is 10.0. The van der Waals surface area contributed by atoms with Gasteiger partial charge in [-0.05, 0) is 44.5 Å². The van der Waals surface area contributed by atoms with Gasteiger partial charge in [0.1, 0.15) is 5.76 Å². The summed E-state index contributed by atoms with van der Waals surface area (Å²) in [7, 11) is 0. The third kappa shape index (κ3) is 5.00. The Balaban J connectivity index is 2.01. The minimum atomic E-state index is -0.728. The first-order chi connectivity index (χ1) is 11.7. The molecule has 0 spiro atoms. The Morgan fingerprint density at radius 3 is 2.60 bits per heavy atom. The van der Waals surface area contributed by atoms with Crippen LogP contribution in [0.3, 0.4) is 0 Å². The highest BCUT2D eigenvalue weighted by molar-refractivity contribution is 6.43. The Bertz CT molecular complexity index is 783. The quantitative estimate of drug-likeness (QED) is 0.732. The molecule has 2 rings (SSSR count). The molecule has 0 bridgehead atoms. The lowest BCUT2D eigenvalue weighted by molar-refractivity contribution is -0.125. The van der Waals surface area contributed by atoms with Crippen molar-refractivity contribution in [1.29, 1.82) is 0 Å². The average Bonchev–Trinajstić information content (AvgIpc) is 3.04. The number of benzene rings is 1. The summed E-state index contributed by atoms with van der Waals surface area (Å²) < 4.78 is 10.5. The topological polar surface area (TPSA) is 68.5 Å². The number of carbonyl (C=O) groups is 2. The SMILES string of the molecule is CCC(C)(C)NC(=O)COC(=O)c1ccc(-c2cccc(Cl)c2Cl)o1. The predicted molar refractivity (Wildman–Crippen MR) is 97.0 cm³/mol. The molecule has 1 N–H and O–H groups in total. The molecular weight excluding hydrogens is 365 g/mol. The molecule has 2 aromatic rings. The average molecular weight is 384 g/mol. The zero-order valence-electron chi connectivity index (χ0n) is 14.2. The summed E-state index contributed by atoms with van der Waals surface area (Å²) in [4.78, 5) is 23.8. The number of furan rings is 1. The van der Waals surface area contributed by atoms with Gasteiger partial charge in [0.05, 0.1) is 10.0 Å². The zero-order valence-corrected chi connectivity index (χ0v) is 15.7. The van der Waals surface area contributed by atoms with Gasteiger partial charge >= 0.3 is 5.97 Å². The smallest absolute Gasteiger partial charge is 0.374 e. The van der Waals surface area contributed by atoms with Gasteiger partial charge in [-0.2, -0.15) is 0 Å². The van der Waals surface area contributed by atoms with E-state index in [1.165, 1.54) is 6.07 Å². The molecule has 1 aromatic heterocycles. The van der Waals surface area contributed by atoms with Crippen molar-refractivity contribution in [2.24, 2.45) is 0 Å². The Kier molecular flexibility index (Phi) is 6.14. The molecule has 0 fully saturated rings. The monoisotopic (exact) mass is 383 g/mol. The molecule has 134 valence electrons. The molecule has 1 amide bonds. The van der Waals surface area contributed by atoms with Crippen LogP contribution in [-0.4, -0.2) is 24.0 Å². The van der Waals surface area contributed by atoms with Crippen molar-refractivity contribution in [3.05, 3.63) is 46.1 Å². The van der Waals surface area contributed by atoms with Crippen LogP contribution >= 0.6 is 23.2 Å². The molecule has 0 saturated carbocycles. The van der Waals surface area contributed by atoms with Crippen LogP contribution in [0.15, 0.2) is 34.7 Å². The van der Waals surface area contributed by atoms with Gasteiger partial charge in [-0.1, -0.05) is 36.2 Å². The fraction of sp³-hybridized carbons (Fsp3) is 0.333. The maximum atomic E-state index is 12.0. The number of amides is 1. The maximum Gasteiger partial charge on any atom is 0.374 e. The summed E-state index contributed by atoms with van der Waals surface area (Å²) in [5.74, 6) is -0.733. The van der Waals surface area contributed by atoms with Crippen LogP contribution in [0.1, 0.15) is 37.7 Å². The lowest BCUT2D eigenvalue weighted by Gasteiger charge is -2.24. The number of nitrogens with one attached hydrogen (secondary N) is 1. The predicted octanol–water partition coefficient (Wildman–Crippen LogP) is 4.72. The molecule has 0 aliphatic rings. The van der Waals surface area contributed by atoms with Crippen LogP contribution in [0.5, 0.6) is 0 Å². The number of esters is 1. The van der Waals surface area contributed by atoms with Gasteiger partial charge in [0.15, 0.2) is 6.61 Å². The van der Waals surface area contributed by atoms with Crippen molar-refractivity contribution in [1.82, 2.24) is 5.32 Å². The molecule has 0 atom stereocenters. The summed E-state index contributed by atoms with van der Waals surface area (Å²) in [6, 6.07) is 8.16. The van der Waals surface area contributed by atoms with E-state index < -0.39 is 5.97 Å². The minimum Gasteiger partial charge on any atom is -0.450 e. The molecule has 0 aliphatic carbocycles. The fourth-order valence-electron chi connectivity index (χ4n) is 1.99. The summed E-state index contributed by atoms with van der Waals surface area (Å²) in [6.45, 7) is 5.36. The van der Waals surface area contributed by atoms with Gasteiger partial charge in [-0.25, -0.2) is 4.79 Å². The Labute approximate surface area is 156 Å². The number of hydrogen-bond donors (Lipinski definition) is 1. The van der Waals surface area contributed by atoms with Crippen LogP contribution in [-0.2, 0) is 9.53 Å². The molecule has 0 radical (unpaired) electrons. The normalized spacial score (nSPS) is 11.2. The van der Waals surface area contributed by atoms with E-state index in [0.29, 0.717) is 21.4 Å². The van der Waals surface area contributed by atoms with Gasteiger partial charge in [0.25, 0.3) is 5.91 Å². The van der Waals surface area contributed by atoms with E-state index in [4.69, 9.17) is 32.4 Å². The van der Waals surface area contributed by atoms with Crippen molar-refractivity contribution in [3.8, 4) is 11.3 Å². The highest BCUT2D eigenvalue weighted by Gasteiger charge is 2.20. The highest BCUT2D eigenvalue weighted by atomic mass is 35.5. The van der Waals surface area contributed by atoms with Gasteiger partial charge in [0.2, 0.25) is 5.76 Å². The van der Waals surface area contributed by atoms with E-state index in [0.717, 1.165) is 6.42 Å². The molecule has 0 unspecified atom stereocenters. The van der Waals surface area contributed by atoms with Gasteiger partial charge < -0.3 is 14.5 Å². The molecule has 25 heavy (non-hydrogen) atoms. The van der Waals surface area contributed by atoms with E-state index in [9.17, 15) is 9.59 Å². The largest absolute Gasteiger partial charge is 0.450 e. The first kappa shape index (κ1) is 19.3. The Morgan fingerprint density at radius 2 is 1.92 bits per heavy atom. The van der Waals surface area contributed by atoms with E-state index >= 15 is 0 Å². The van der Waals surface area contributed by atoms with E-state index in [-0.39, 0.29) is 23.8 Å². The number of rotatable bonds is 6. The van der Waals surface area contributed by atoms with Gasteiger partial charge in [-0.15, -0.1) is 0 Å². The van der Waals surface area contributed by atoms with E-state index in [1.807, 2.05) is 20.8 Å². The fourth-order valence-corrected chi connectivity index (χ4v) is 2.38. The molecule has 5 nitrogen and oxygen atoms in total. The standard InChI is InChI=1S/C18H19Cl2NO4/c1-4-18(2,3)21-15(22)10-24-17(23)14-9-8-13(25-14)11-6-5-7-12(19)16(11)20/h5-9H,4,10H2,1-3H3,(H,21,22). The second-order valence-electron chi connectivity index (χ2n) is 6.13. The summed E-state index contributed by atoms with van der Waals surface area (Å²) in [5, 5.41) is 3.50. The maximum absolute atomic E-state index is 12.0. The second kappa shape index (κ2) is 7.93. The Morgan fingerprint density at radius 1 is 1.20 bits per heavy atom. The van der Waals surface area contributed by atoms with E-state index in [2.05, 4.69) is 5.32 Å². The summed E-state index contributed by atoms with van der Waals surface area (Å²) in [6.07, 6.45) is 0.759. The van der Waals surface area contributed by atoms with Crippen molar-refractivity contribution in [3.63, 3.8) is 0 Å². The third-order valence-electron chi connectivity index (χ3n) is 3.72. The van der Waals surface area contributed by atoms with Gasteiger partial charge in [0, 0.05) is 11.1 Å². The van der Waals surface area contributed by atoms with Crippen LogP contribution in [0.2, 0.25) is 10.0 Å².